The normalized spacial score (nSPS) is 38.9. The van der Waals surface area contributed by atoms with Gasteiger partial charge in [-0.3, -0.25) is 4.79 Å². The zero-order chi connectivity index (χ0) is 12.5. The molecule has 0 radical (unpaired) electrons. The van der Waals surface area contributed by atoms with Crippen LogP contribution in [-0.4, -0.2) is 25.5 Å². The van der Waals surface area contributed by atoms with E-state index in [1.165, 1.54) is 32.1 Å². The van der Waals surface area contributed by atoms with Crippen LogP contribution < -0.4 is 10.6 Å². The zero-order valence-corrected chi connectivity index (χ0v) is 12.7. The van der Waals surface area contributed by atoms with Crippen molar-refractivity contribution >= 4 is 18.3 Å². The van der Waals surface area contributed by atoms with Crippen LogP contribution in [0.25, 0.3) is 0 Å². The lowest BCUT2D eigenvalue weighted by molar-refractivity contribution is -0.138. The van der Waals surface area contributed by atoms with Crippen molar-refractivity contribution in [3.63, 3.8) is 0 Å². The van der Waals surface area contributed by atoms with E-state index in [1.807, 2.05) is 0 Å². The highest BCUT2D eigenvalue weighted by Gasteiger charge is 2.50. The predicted octanol–water partition coefficient (Wildman–Crippen LogP) is 2.21. The first kappa shape index (κ1) is 15.1. The number of carbonyl (C=O) groups is 1. The fraction of sp³-hybridized carbons (Fsp3) is 0.933. The van der Waals surface area contributed by atoms with Gasteiger partial charge in [0.15, 0.2) is 0 Å². The molecule has 4 fully saturated rings. The van der Waals surface area contributed by atoms with Gasteiger partial charge in [-0.05, 0) is 62.3 Å². The number of hydrogen-bond acceptors (Lipinski definition) is 2. The van der Waals surface area contributed by atoms with E-state index in [2.05, 4.69) is 17.6 Å². The molecule has 0 atom stereocenters. The average Bonchev–Trinajstić information content (AvgIpc) is 2.33. The molecule has 2 N–H and O–H groups in total. The Hall–Kier alpha value is -0.280. The maximum atomic E-state index is 12.4. The van der Waals surface area contributed by atoms with E-state index in [9.17, 15) is 4.79 Å². The summed E-state index contributed by atoms with van der Waals surface area (Å²) in [4.78, 5) is 12.4. The Morgan fingerprint density at radius 3 is 2.11 bits per heavy atom. The molecule has 0 aliphatic heterocycles. The smallest absolute Gasteiger partial charge is 0.223 e. The Morgan fingerprint density at radius 1 is 1.00 bits per heavy atom. The lowest BCUT2D eigenvalue weighted by Crippen LogP contribution is -2.51. The maximum absolute atomic E-state index is 12.4. The van der Waals surface area contributed by atoms with Crippen molar-refractivity contribution in [3.8, 4) is 0 Å². The molecule has 0 unspecified atom stereocenters. The summed E-state index contributed by atoms with van der Waals surface area (Å²) in [5.41, 5.74) is 0. The van der Waals surface area contributed by atoms with E-state index in [-0.39, 0.29) is 12.4 Å². The molecule has 4 aliphatic carbocycles. The molecule has 4 aliphatic rings. The highest BCUT2D eigenvalue weighted by molar-refractivity contribution is 5.85. The molecule has 0 spiro atoms. The van der Waals surface area contributed by atoms with Gasteiger partial charge in [0.05, 0.1) is 0 Å². The summed E-state index contributed by atoms with van der Waals surface area (Å²) >= 11 is 0. The van der Waals surface area contributed by atoms with Gasteiger partial charge in [0.1, 0.15) is 0 Å². The van der Waals surface area contributed by atoms with E-state index >= 15 is 0 Å². The Morgan fingerprint density at radius 2 is 1.58 bits per heavy atom. The minimum Gasteiger partial charge on any atom is -0.355 e. The molecular weight excluding hydrogens is 260 g/mol. The molecule has 4 bridgehead atoms. The molecule has 4 heteroatoms. The summed E-state index contributed by atoms with van der Waals surface area (Å²) in [7, 11) is 0. The molecule has 3 nitrogen and oxygen atoms in total. The van der Waals surface area contributed by atoms with Crippen molar-refractivity contribution in [2.45, 2.75) is 39.0 Å². The second kappa shape index (κ2) is 6.45. The molecule has 4 rings (SSSR count). The Labute approximate surface area is 122 Å². The van der Waals surface area contributed by atoms with Crippen LogP contribution in [0.4, 0.5) is 0 Å². The van der Waals surface area contributed by atoms with Crippen LogP contribution in [-0.2, 0) is 4.79 Å². The van der Waals surface area contributed by atoms with E-state index in [1.54, 1.807) is 0 Å². The summed E-state index contributed by atoms with van der Waals surface area (Å²) in [6.07, 6.45) is 6.79. The quantitative estimate of drug-likeness (QED) is 0.761. The van der Waals surface area contributed by atoms with E-state index in [0.717, 1.165) is 31.5 Å². The molecule has 110 valence electrons. The SMILES string of the molecule is CCNCCNC(=O)C1C2CC3CC(C2)CC1C3.Cl. The summed E-state index contributed by atoms with van der Waals surface area (Å²) in [5.74, 6) is 4.03. The molecule has 0 aromatic rings. The Bertz CT molecular complexity index is 293. The van der Waals surface area contributed by atoms with Crippen LogP contribution in [0.3, 0.4) is 0 Å². The van der Waals surface area contributed by atoms with Gasteiger partial charge in [-0.15, -0.1) is 12.4 Å². The first-order chi connectivity index (χ1) is 8.78. The van der Waals surface area contributed by atoms with Gasteiger partial charge in [0.2, 0.25) is 5.91 Å². The number of likely N-dealkylation sites (N-methyl/N-ethyl adjacent to an activating group) is 1. The van der Waals surface area contributed by atoms with Crippen molar-refractivity contribution < 1.29 is 4.79 Å². The lowest BCUT2D eigenvalue weighted by atomic mass is 9.51. The molecule has 4 saturated carbocycles. The van der Waals surface area contributed by atoms with Crippen molar-refractivity contribution in [2.24, 2.45) is 29.6 Å². The van der Waals surface area contributed by atoms with Gasteiger partial charge in [-0.2, -0.15) is 0 Å². The molecule has 0 saturated heterocycles. The van der Waals surface area contributed by atoms with Gasteiger partial charge in [-0.25, -0.2) is 0 Å². The highest BCUT2D eigenvalue weighted by atomic mass is 35.5. The summed E-state index contributed by atoms with van der Waals surface area (Å²) in [5, 5.41) is 6.40. The number of hydrogen-bond donors (Lipinski definition) is 2. The van der Waals surface area contributed by atoms with Crippen LogP contribution in [0.15, 0.2) is 0 Å². The van der Waals surface area contributed by atoms with Crippen molar-refractivity contribution in [3.05, 3.63) is 0 Å². The van der Waals surface area contributed by atoms with Gasteiger partial charge >= 0.3 is 0 Å². The third kappa shape index (κ3) is 3.08. The second-order valence-corrected chi connectivity index (χ2v) is 6.60. The van der Waals surface area contributed by atoms with Gasteiger partial charge in [-0.1, -0.05) is 6.92 Å². The summed E-state index contributed by atoms with van der Waals surface area (Å²) in [6, 6.07) is 0. The standard InChI is InChI=1S/C15H26N2O.ClH/c1-2-16-3-4-17-15(18)14-12-6-10-5-11(8-12)9-13(14)7-10;/h10-14,16H,2-9H2,1H3,(H,17,18);1H. The molecule has 0 aromatic carbocycles. The fourth-order valence-electron chi connectivity index (χ4n) is 4.92. The molecule has 0 heterocycles. The fourth-order valence-corrected chi connectivity index (χ4v) is 4.92. The van der Waals surface area contributed by atoms with Gasteiger partial charge in [0.25, 0.3) is 0 Å². The molecular formula is C15H27ClN2O. The molecule has 19 heavy (non-hydrogen) atoms. The lowest BCUT2D eigenvalue weighted by Gasteiger charge is -2.53. The third-order valence-electron chi connectivity index (χ3n) is 5.38. The minimum absolute atomic E-state index is 0. The van der Waals surface area contributed by atoms with Crippen molar-refractivity contribution in [2.75, 3.05) is 19.6 Å². The van der Waals surface area contributed by atoms with E-state index < -0.39 is 0 Å². The monoisotopic (exact) mass is 286 g/mol. The number of halogens is 1. The topological polar surface area (TPSA) is 41.1 Å². The predicted molar refractivity (Wildman–Crippen MR) is 79.3 cm³/mol. The molecule has 1 amide bonds. The third-order valence-corrected chi connectivity index (χ3v) is 5.38. The van der Waals surface area contributed by atoms with Crippen molar-refractivity contribution in [1.29, 1.82) is 0 Å². The van der Waals surface area contributed by atoms with Crippen LogP contribution >= 0.6 is 12.4 Å². The van der Waals surface area contributed by atoms with Crippen LogP contribution in [0.2, 0.25) is 0 Å². The number of rotatable bonds is 5. The van der Waals surface area contributed by atoms with E-state index in [4.69, 9.17) is 0 Å². The summed E-state index contributed by atoms with van der Waals surface area (Å²) < 4.78 is 0. The highest BCUT2D eigenvalue weighted by Crippen LogP contribution is 2.56. The molecule has 0 aromatic heterocycles. The second-order valence-electron chi connectivity index (χ2n) is 6.60. The maximum Gasteiger partial charge on any atom is 0.223 e. The first-order valence-electron chi connectivity index (χ1n) is 7.76. The Balaban J connectivity index is 0.00000133. The largest absolute Gasteiger partial charge is 0.355 e. The zero-order valence-electron chi connectivity index (χ0n) is 11.9. The van der Waals surface area contributed by atoms with Gasteiger partial charge < -0.3 is 10.6 Å². The minimum atomic E-state index is 0. The first-order valence-corrected chi connectivity index (χ1v) is 7.76. The number of amides is 1. The van der Waals surface area contributed by atoms with Crippen LogP contribution in [0, 0.1) is 29.6 Å². The number of nitrogens with one attached hydrogen (secondary N) is 2. The van der Waals surface area contributed by atoms with E-state index in [0.29, 0.717) is 23.7 Å². The van der Waals surface area contributed by atoms with Crippen molar-refractivity contribution in [1.82, 2.24) is 10.6 Å². The van der Waals surface area contributed by atoms with Gasteiger partial charge in [0, 0.05) is 19.0 Å². The Kier molecular flexibility index (Phi) is 5.13. The van der Waals surface area contributed by atoms with Crippen LogP contribution in [0.5, 0.6) is 0 Å². The average molecular weight is 287 g/mol. The van der Waals surface area contributed by atoms with Crippen LogP contribution in [0.1, 0.15) is 39.0 Å². The number of carbonyl (C=O) groups excluding carboxylic acids is 1. The summed E-state index contributed by atoms with van der Waals surface area (Å²) in [6.45, 7) is 4.76.